The van der Waals surface area contributed by atoms with Crippen molar-refractivity contribution < 1.29 is 14.3 Å². The van der Waals surface area contributed by atoms with E-state index in [1.54, 1.807) is 0 Å². The first-order valence-corrected chi connectivity index (χ1v) is 7.99. The first kappa shape index (κ1) is 13.4. The number of hydrogen-bond donors (Lipinski definition) is 1. The number of hydrogen-bond acceptors (Lipinski definition) is 2. The highest BCUT2D eigenvalue weighted by Gasteiger charge is 2.24. The zero-order valence-electron chi connectivity index (χ0n) is 9.30. The molecule has 0 aromatic heterocycles. The van der Waals surface area contributed by atoms with Gasteiger partial charge in [0.25, 0.3) is 0 Å². The molecule has 0 aromatic carbocycles. The van der Waals surface area contributed by atoms with Gasteiger partial charge in [-0.2, -0.15) is 0 Å². The molecule has 1 aliphatic heterocycles. The van der Waals surface area contributed by atoms with E-state index in [4.69, 9.17) is 9.53 Å². The summed E-state index contributed by atoms with van der Waals surface area (Å²) < 4.78 is 5.60. The van der Waals surface area contributed by atoms with Gasteiger partial charge < -0.3 is 9.53 Å². The predicted molar refractivity (Wildman–Crippen MR) is 59.9 cm³/mol. The summed E-state index contributed by atoms with van der Waals surface area (Å²) >= 11 is 0. The minimum absolute atomic E-state index is 0.176. The van der Waals surface area contributed by atoms with Crippen LogP contribution >= 0.6 is 0 Å². The van der Waals surface area contributed by atoms with Gasteiger partial charge in [-0.1, -0.05) is 13.0 Å². The van der Waals surface area contributed by atoms with E-state index in [0.29, 0.717) is 0 Å². The molecular weight excluding hydrogens is 196 g/mol. The number of carbonyl (C=O) groups is 1. The van der Waals surface area contributed by atoms with E-state index in [-0.39, 0.29) is 5.57 Å². The highest BCUT2D eigenvalue weighted by atomic mass is 28.4. The molecule has 0 amide bonds. The van der Waals surface area contributed by atoms with Crippen molar-refractivity contribution >= 4 is 14.3 Å². The van der Waals surface area contributed by atoms with E-state index in [9.17, 15) is 4.79 Å². The van der Waals surface area contributed by atoms with Gasteiger partial charge in [0.05, 0.1) is 0 Å². The first-order chi connectivity index (χ1) is 6.35. The van der Waals surface area contributed by atoms with Gasteiger partial charge in [0, 0.05) is 12.2 Å². The van der Waals surface area contributed by atoms with E-state index in [0.717, 1.165) is 6.61 Å². The Hall–Kier alpha value is -0.613. The van der Waals surface area contributed by atoms with Gasteiger partial charge in [0.2, 0.25) is 0 Å². The van der Waals surface area contributed by atoms with Gasteiger partial charge in [-0.05, 0) is 32.5 Å². The Bertz CT molecular complexity index is 191. The van der Waals surface area contributed by atoms with Gasteiger partial charge in [-0.15, -0.1) is 0 Å². The van der Waals surface area contributed by atoms with Crippen LogP contribution in [0.25, 0.3) is 0 Å². The Morgan fingerprint density at radius 1 is 1.43 bits per heavy atom. The van der Waals surface area contributed by atoms with Crippen LogP contribution in [0.2, 0.25) is 19.1 Å². The van der Waals surface area contributed by atoms with Crippen LogP contribution in [0.4, 0.5) is 0 Å². The summed E-state index contributed by atoms with van der Waals surface area (Å²) in [4.78, 5) is 9.60. The Balaban J connectivity index is 0.000000255. The Labute approximate surface area is 86.9 Å². The summed E-state index contributed by atoms with van der Waals surface area (Å²) in [6, 6.07) is 1.37. The van der Waals surface area contributed by atoms with E-state index in [2.05, 4.69) is 19.7 Å². The van der Waals surface area contributed by atoms with Crippen LogP contribution in [-0.2, 0) is 9.22 Å². The summed E-state index contributed by atoms with van der Waals surface area (Å²) in [5, 5.41) is 7.89. The van der Waals surface area contributed by atoms with Gasteiger partial charge in [0.1, 0.15) is 0 Å². The standard InChI is InChI=1S/C6H14OSi.C4H6O2/c1-8(2)6-4-3-5-7-8;1-3(2)4(5)6/h3-6H2,1-2H3;1H2,2H3,(H,5,6). The van der Waals surface area contributed by atoms with Crippen molar-refractivity contribution in [3.63, 3.8) is 0 Å². The van der Waals surface area contributed by atoms with Crippen molar-refractivity contribution in [3.05, 3.63) is 12.2 Å². The van der Waals surface area contributed by atoms with Crippen molar-refractivity contribution in [1.82, 2.24) is 0 Å². The van der Waals surface area contributed by atoms with Crippen molar-refractivity contribution in [1.29, 1.82) is 0 Å². The molecule has 0 spiro atoms. The van der Waals surface area contributed by atoms with Gasteiger partial charge in [0.15, 0.2) is 8.32 Å². The van der Waals surface area contributed by atoms with E-state index in [1.165, 1.54) is 25.8 Å². The second kappa shape index (κ2) is 5.98. The maximum Gasteiger partial charge on any atom is 0.330 e. The van der Waals surface area contributed by atoms with Crippen molar-refractivity contribution in [2.75, 3.05) is 6.61 Å². The first-order valence-electron chi connectivity index (χ1n) is 4.88. The highest BCUT2D eigenvalue weighted by molar-refractivity contribution is 6.71. The lowest BCUT2D eigenvalue weighted by Crippen LogP contribution is -2.33. The zero-order chi connectivity index (χ0) is 11.2. The maximum absolute atomic E-state index is 9.60. The third-order valence-electron chi connectivity index (χ3n) is 2.03. The van der Waals surface area contributed by atoms with Crippen LogP contribution in [0.3, 0.4) is 0 Å². The fraction of sp³-hybridized carbons (Fsp3) is 0.700. The normalized spacial score (nSPS) is 19.1. The summed E-state index contributed by atoms with van der Waals surface area (Å²) in [6.45, 7) is 10.2. The number of rotatable bonds is 1. The third kappa shape index (κ3) is 6.86. The molecule has 3 nitrogen and oxygen atoms in total. The van der Waals surface area contributed by atoms with Gasteiger partial charge in [-0.3, -0.25) is 0 Å². The van der Waals surface area contributed by atoms with Crippen LogP contribution < -0.4 is 0 Å². The SMILES string of the molecule is C=C(C)C(=O)O.C[Si]1(C)CCCCO1. The average molecular weight is 216 g/mol. The molecule has 0 saturated carbocycles. The molecule has 0 bridgehead atoms. The topological polar surface area (TPSA) is 46.5 Å². The van der Waals surface area contributed by atoms with Crippen molar-refractivity contribution in [2.24, 2.45) is 0 Å². The smallest absolute Gasteiger partial charge is 0.330 e. The maximum atomic E-state index is 9.60. The molecule has 4 heteroatoms. The van der Waals surface area contributed by atoms with Crippen LogP contribution in [0.5, 0.6) is 0 Å². The Morgan fingerprint density at radius 2 is 1.93 bits per heavy atom. The molecular formula is C10H20O3Si. The monoisotopic (exact) mass is 216 g/mol. The van der Waals surface area contributed by atoms with Crippen molar-refractivity contribution in [2.45, 2.75) is 38.9 Å². The quantitative estimate of drug-likeness (QED) is 0.541. The summed E-state index contributed by atoms with van der Waals surface area (Å²) in [6.07, 6.45) is 2.69. The van der Waals surface area contributed by atoms with E-state index < -0.39 is 14.3 Å². The largest absolute Gasteiger partial charge is 0.478 e. The fourth-order valence-electron chi connectivity index (χ4n) is 1.07. The predicted octanol–water partition coefficient (Wildman–Crippen LogP) is 2.65. The molecule has 0 aromatic rings. The molecule has 1 fully saturated rings. The summed E-state index contributed by atoms with van der Waals surface area (Å²) in [7, 11) is -1.09. The fourth-order valence-corrected chi connectivity index (χ4v) is 3.02. The Morgan fingerprint density at radius 3 is 2.07 bits per heavy atom. The lowest BCUT2D eigenvalue weighted by Gasteiger charge is -2.27. The molecule has 14 heavy (non-hydrogen) atoms. The molecule has 0 unspecified atom stereocenters. The molecule has 0 atom stereocenters. The van der Waals surface area contributed by atoms with Crippen LogP contribution in [0.1, 0.15) is 19.8 Å². The third-order valence-corrected chi connectivity index (χ3v) is 4.57. The molecule has 1 aliphatic rings. The highest BCUT2D eigenvalue weighted by Crippen LogP contribution is 2.20. The Kier molecular flexibility index (Phi) is 5.72. The minimum atomic E-state index is -1.09. The molecule has 1 N–H and O–H groups in total. The second-order valence-electron chi connectivity index (χ2n) is 4.15. The van der Waals surface area contributed by atoms with Crippen LogP contribution in [0.15, 0.2) is 12.2 Å². The average Bonchev–Trinajstić information content (AvgIpc) is 2.04. The number of carboxylic acid groups (broad SMARTS) is 1. The lowest BCUT2D eigenvalue weighted by molar-refractivity contribution is -0.132. The van der Waals surface area contributed by atoms with Gasteiger partial charge >= 0.3 is 5.97 Å². The van der Waals surface area contributed by atoms with E-state index >= 15 is 0 Å². The summed E-state index contributed by atoms with van der Waals surface area (Å²) in [5.74, 6) is -0.935. The molecule has 1 heterocycles. The number of aliphatic carboxylic acids is 1. The minimum Gasteiger partial charge on any atom is -0.478 e. The summed E-state index contributed by atoms with van der Waals surface area (Å²) in [5.41, 5.74) is 0.176. The lowest BCUT2D eigenvalue weighted by atomic mass is 10.4. The molecule has 82 valence electrons. The van der Waals surface area contributed by atoms with E-state index in [1.807, 2.05) is 0 Å². The molecule has 0 aliphatic carbocycles. The number of carboxylic acids is 1. The van der Waals surface area contributed by atoms with Crippen molar-refractivity contribution in [3.8, 4) is 0 Å². The zero-order valence-corrected chi connectivity index (χ0v) is 10.3. The van der Waals surface area contributed by atoms with Crippen LogP contribution in [0, 0.1) is 0 Å². The van der Waals surface area contributed by atoms with Crippen LogP contribution in [-0.4, -0.2) is 26.0 Å². The molecule has 1 saturated heterocycles. The second-order valence-corrected chi connectivity index (χ2v) is 8.46. The van der Waals surface area contributed by atoms with Gasteiger partial charge in [-0.25, -0.2) is 4.79 Å². The molecule has 1 rings (SSSR count). The molecule has 0 radical (unpaired) electrons.